The molecule has 0 radical (unpaired) electrons. The first-order valence-corrected chi connectivity index (χ1v) is 9.71. The molecule has 1 heterocycles. The second-order valence-electron chi connectivity index (χ2n) is 6.37. The summed E-state index contributed by atoms with van der Waals surface area (Å²) >= 11 is 5.56. The Morgan fingerprint density at radius 2 is 2.05 bits per heavy atom. The van der Waals surface area contributed by atoms with E-state index >= 15 is 0 Å². The molecular weight excluding hydrogens is 346 g/mol. The number of methoxy groups -OCH3 is 1. The highest BCUT2D eigenvalue weighted by molar-refractivity contribution is 9.11. The predicted molar refractivity (Wildman–Crippen MR) is 95.3 cm³/mol. The fourth-order valence-corrected chi connectivity index (χ4v) is 5.07. The molecule has 0 aromatic carbocycles. The van der Waals surface area contributed by atoms with Gasteiger partial charge < -0.3 is 10.1 Å². The zero-order valence-corrected chi connectivity index (χ0v) is 15.7. The van der Waals surface area contributed by atoms with Crippen molar-refractivity contribution in [2.75, 3.05) is 26.8 Å². The monoisotopic (exact) mass is 373 g/mol. The first-order valence-electron chi connectivity index (χ1n) is 8.10. The minimum absolute atomic E-state index is 0.588. The molecule has 21 heavy (non-hydrogen) atoms. The number of thiophene rings is 1. The maximum Gasteiger partial charge on any atom is 0.0730 e. The molecule has 1 aromatic rings. The molecular formula is C17H28BrNOS. The summed E-state index contributed by atoms with van der Waals surface area (Å²) in [6, 6.07) is 2.36. The summed E-state index contributed by atoms with van der Waals surface area (Å²) in [6.07, 6.45) is 9.61. The Morgan fingerprint density at radius 3 is 2.67 bits per heavy atom. The molecule has 0 bridgehead atoms. The van der Waals surface area contributed by atoms with E-state index in [9.17, 15) is 0 Å². The van der Waals surface area contributed by atoms with Crippen LogP contribution in [0, 0.1) is 12.3 Å². The van der Waals surface area contributed by atoms with Gasteiger partial charge in [-0.2, -0.15) is 0 Å². The standard InChI is InChI=1S/C17H28BrNOS/c1-14-13-15(21-16(14)18)5-8-17(6-3-4-7-17)9-10-19-11-12-20-2/h13,19H,3-12H2,1-2H3. The van der Waals surface area contributed by atoms with Crippen molar-refractivity contribution in [3.63, 3.8) is 0 Å². The fourth-order valence-electron chi connectivity index (χ4n) is 3.44. The van der Waals surface area contributed by atoms with Crippen LogP contribution in [0.2, 0.25) is 0 Å². The van der Waals surface area contributed by atoms with Crippen LogP contribution in [0.4, 0.5) is 0 Å². The zero-order chi connectivity index (χ0) is 15.1. The number of halogens is 1. The molecule has 2 rings (SSSR count). The average molecular weight is 374 g/mol. The van der Waals surface area contributed by atoms with Crippen molar-refractivity contribution in [1.29, 1.82) is 0 Å². The van der Waals surface area contributed by atoms with Crippen LogP contribution in [-0.2, 0) is 11.2 Å². The lowest BCUT2D eigenvalue weighted by Crippen LogP contribution is -2.27. The zero-order valence-electron chi connectivity index (χ0n) is 13.3. The summed E-state index contributed by atoms with van der Waals surface area (Å²) in [5, 5.41) is 3.52. The van der Waals surface area contributed by atoms with Crippen molar-refractivity contribution in [2.24, 2.45) is 5.41 Å². The van der Waals surface area contributed by atoms with Crippen LogP contribution >= 0.6 is 27.3 Å². The molecule has 1 fully saturated rings. The fraction of sp³-hybridized carbons (Fsp3) is 0.765. The van der Waals surface area contributed by atoms with Gasteiger partial charge in [-0.1, -0.05) is 12.8 Å². The van der Waals surface area contributed by atoms with Crippen molar-refractivity contribution >= 4 is 27.3 Å². The van der Waals surface area contributed by atoms with E-state index in [1.54, 1.807) is 7.11 Å². The minimum atomic E-state index is 0.588. The van der Waals surface area contributed by atoms with E-state index in [2.05, 4.69) is 34.2 Å². The van der Waals surface area contributed by atoms with Crippen LogP contribution in [0.5, 0.6) is 0 Å². The largest absolute Gasteiger partial charge is 0.383 e. The van der Waals surface area contributed by atoms with Crippen molar-refractivity contribution < 1.29 is 4.74 Å². The van der Waals surface area contributed by atoms with Gasteiger partial charge in [-0.25, -0.2) is 0 Å². The Bertz CT molecular complexity index is 407. The maximum absolute atomic E-state index is 5.09. The molecule has 1 aromatic heterocycles. The van der Waals surface area contributed by atoms with E-state index in [0.29, 0.717) is 5.41 Å². The molecule has 0 spiro atoms. The van der Waals surface area contributed by atoms with Crippen molar-refractivity contribution in [3.05, 3.63) is 20.3 Å². The topological polar surface area (TPSA) is 21.3 Å². The van der Waals surface area contributed by atoms with Crippen molar-refractivity contribution in [3.8, 4) is 0 Å². The molecule has 1 aliphatic rings. The number of rotatable bonds is 9. The molecule has 4 heteroatoms. The number of hydrogen-bond acceptors (Lipinski definition) is 3. The highest BCUT2D eigenvalue weighted by Crippen LogP contribution is 2.45. The molecule has 120 valence electrons. The molecule has 0 unspecified atom stereocenters. The van der Waals surface area contributed by atoms with Crippen LogP contribution < -0.4 is 5.32 Å². The predicted octanol–water partition coefficient (Wildman–Crippen LogP) is 4.94. The summed E-state index contributed by atoms with van der Waals surface area (Å²) in [5.74, 6) is 0. The molecule has 2 nitrogen and oxygen atoms in total. The van der Waals surface area contributed by atoms with Crippen LogP contribution in [0.25, 0.3) is 0 Å². The highest BCUT2D eigenvalue weighted by Gasteiger charge is 2.32. The van der Waals surface area contributed by atoms with Gasteiger partial charge in [0.25, 0.3) is 0 Å². The third-order valence-corrected chi connectivity index (χ3v) is 6.99. The van der Waals surface area contributed by atoms with Crippen LogP contribution in [0.15, 0.2) is 9.85 Å². The summed E-state index contributed by atoms with van der Waals surface area (Å²) in [7, 11) is 1.77. The number of ether oxygens (including phenoxy) is 1. The van der Waals surface area contributed by atoms with Gasteiger partial charge in [0.1, 0.15) is 0 Å². The molecule has 1 N–H and O–H groups in total. The van der Waals surface area contributed by atoms with Gasteiger partial charge >= 0.3 is 0 Å². The van der Waals surface area contributed by atoms with Gasteiger partial charge in [0.15, 0.2) is 0 Å². The van der Waals surface area contributed by atoms with Crippen LogP contribution in [0.1, 0.15) is 49.0 Å². The van der Waals surface area contributed by atoms with E-state index in [0.717, 1.165) is 19.7 Å². The normalized spacial score (nSPS) is 17.5. The Labute approximate surface area is 141 Å². The Morgan fingerprint density at radius 1 is 1.29 bits per heavy atom. The summed E-state index contributed by atoms with van der Waals surface area (Å²) in [5.41, 5.74) is 1.97. The van der Waals surface area contributed by atoms with Gasteiger partial charge in [-0.05, 0) is 78.5 Å². The quantitative estimate of drug-likeness (QED) is 0.619. The third-order valence-electron chi connectivity index (χ3n) is 4.79. The second-order valence-corrected chi connectivity index (χ2v) is 8.82. The lowest BCUT2D eigenvalue weighted by Gasteiger charge is -2.29. The molecule has 1 saturated carbocycles. The highest BCUT2D eigenvalue weighted by atomic mass is 79.9. The second kappa shape index (κ2) is 8.66. The Balaban J connectivity index is 1.80. The van der Waals surface area contributed by atoms with Gasteiger partial charge in [0.2, 0.25) is 0 Å². The lowest BCUT2D eigenvalue weighted by molar-refractivity contribution is 0.194. The van der Waals surface area contributed by atoms with Crippen LogP contribution in [0.3, 0.4) is 0 Å². The summed E-state index contributed by atoms with van der Waals surface area (Å²) in [6.45, 7) is 5.12. The Hall–Kier alpha value is 0.1000. The molecule has 0 atom stereocenters. The molecule has 0 amide bonds. The Kier molecular flexibility index (Phi) is 7.20. The van der Waals surface area contributed by atoms with E-state index in [-0.39, 0.29) is 0 Å². The first-order chi connectivity index (χ1) is 10.2. The van der Waals surface area contributed by atoms with E-state index in [1.165, 1.54) is 59.2 Å². The summed E-state index contributed by atoms with van der Waals surface area (Å²) in [4.78, 5) is 1.54. The SMILES string of the molecule is COCCNCCC1(CCc2cc(C)c(Br)s2)CCCC1. The number of aryl methyl sites for hydroxylation is 2. The van der Waals surface area contributed by atoms with E-state index in [4.69, 9.17) is 4.74 Å². The molecule has 1 aliphatic carbocycles. The molecule has 0 aliphatic heterocycles. The molecule has 0 saturated heterocycles. The van der Waals surface area contributed by atoms with Gasteiger partial charge in [-0.15, -0.1) is 11.3 Å². The smallest absolute Gasteiger partial charge is 0.0730 e. The third kappa shape index (κ3) is 5.34. The maximum atomic E-state index is 5.09. The lowest BCUT2D eigenvalue weighted by atomic mass is 9.78. The van der Waals surface area contributed by atoms with Crippen molar-refractivity contribution in [2.45, 2.75) is 51.9 Å². The first kappa shape index (κ1) is 17.5. The van der Waals surface area contributed by atoms with E-state index < -0.39 is 0 Å². The number of nitrogens with one attached hydrogen (secondary N) is 1. The van der Waals surface area contributed by atoms with Gasteiger partial charge in [0, 0.05) is 18.5 Å². The van der Waals surface area contributed by atoms with Gasteiger partial charge in [0.05, 0.1) is 10.4 Å². The van der Waals surface area contributed by atoms with Crippen molar-refractivity contribution in [1.82, 2.24) is 5.32 Å². The number of hydrogen-bond donors (Lipinski definition) is 1. The summed E-state index contributed by atoms with van der Waals surface area (Å²) < 4.78 is 6.40. The average Bonchev–Trinajstić information content (AvgIpc) is 3.05. The van der Waals surface area contributed by atoms with Gasteiger partial charge in [-0.3, -0.25) is 0 Å². The van der Waals surface area contributed by atoms with E-state index in [1.807, 2.05) is 11.3 Å². The van der Waals surface area contributed by atoms with Crippen LogP contribution in [-0.4, -0.2) is 26.8 Å². The minimum Gasteiger partial charge on any atom is -0.383 e.